The van der Waals surface area contributed by atoms with Crippen LogP contribution in [0.15, 0.2) is 41.3 Å². The lowest BCUT2D eigenvalue weighted by molar-refractivity contribution is 0.102. The predicted octanol–water partition coefficient (Wildman–Crippen LogP) is 3.83. The molecule has 1 saturated carbocycles. The summed E-state index contributed by atoms with van der Waals surface area (Å²) in [7, 11) is -2.15. The number of hydrogen-bond acceptors (Lipinski definition) is 5. The zero-order valence-electron chi connectivity index (χ0n) is 16.4. The molecule has 1 fully saturated rings. The van der Waals surface area contributed by atoms with Crippen molar-refractivity contribution in [1.29, 1.82) is 0 Å². The quantitative estimate of drug-likeness (QED) is 0.653. The van der Waals surface area contributed by atoms with Crippen LogP contribution in [0.3, 0.4) is 0 Å². The maximum absolute atomic E-state index is 12.7. The lowest BCUT2D eigenvalue weighted by Crippen LogP contribution is -2.25. The molecule has 0 heterocycles. The number of anilines is 1. The first-order valence-electron chi connectivity index (χ1n) is 9.17. The van der Waals surface area contributed by atoms with E-state index in [9.17, 15) is 13.2 Å². The van der Waals surface area contributed by atoms with Gasteiger partial charge in [-0.15, -0.1) is 0 Å². The third-order valence-corrected chi connectivity index (χ3v) is 5.95. The van der Waals surface area contributed by atoms with E-state index < -0.39 is 15.9 Å². The van der Waals surface area contributed by atoms with Crippen molar-refractivity contribution in [3.05, 3.63) is 47.0 Å². The average molecular weight is 439 g/mol. The van der Waals surface area contributed by atoms with Crippen LogP contribution in [0.4, 0.5) is 5.69 Å². The Morgan fingerprint density at radius 2 is 1.93 bits per heavy atom. The molecule has 1 amide bonds. The molecule has 7 nitrogen and oxygen atoms in total. The van der Waals surface area contributed by atoms with E-state index in [4.69, 9.17) is 21.1 Å². The van der Waals surface area contributed by atoms with Crippen molar-refractivity contribution in [2.24, 2.45) is 0 Å². The first-order chi connectivity index (χ1) is 13.7. The third kappa shape index (κ3) is 5.41. The van der Waals surface area contributed by atoms with Crippen molar-refractivity contribution < 1.29 is 22.7 Å². The van der Waals surface area contributed by atoms with Gasteiger partial charge in [-0.25, -0.2) is 13.1 Å². The molecular formula is C20H23ClN2O5S. The van der Waals surface area contributed by atoms with Crippen molar-refractivity contribution >= 4 is 33.2 Å². The van der Waals surface area contributed by atoms with Gasteiger partial charge in [0.05, 0.1) is 23.1 Å². The molecular weight excluding hydrogens is 416 g/mol. The molecule has 0 bridgehead atoms. The van der Waals surface area contributed by atoms with Gasteiger partial charge >= 0.3 is 0 Å². The number of amides is 1. The normalized spacial score (nSPS) is 14.0. The predicted molar refractivity (Wildman–Crippen MR) is 112 cm³/mol. The summed E-state index contributed by atoms with van der Waals surface area (Å²) in [4.78, 5) is 12.8. The molecule has 2 N–H and O–H groups in total. The summed E-state index contributed by atoms with van der Waals surface area (Å²) in [6, 6.07) is 9.09. The number of methoxy groups -OCH3 is 1. The Morgan fingerprint density at radius 3 is 2.55 bits per heavy atom. The van der Waals surface area contributed by atoms with Gasteiger partial charge in [0.1, 0.15) is 0 Å². The topological polar surface area (TPSA) is 93.7 Å². The number of nitrogens with one attached hydrogen (secondary N) is 2. The second-order valence-electron chi connectivity index (χ2n) is 7.03. The molecule has 1 aliphatic carbocycles. The number of halogens is 1. The summed E-state index contributed by atoms with van der Waals surface area (Å²) in [5, 5.41) is 2.94. The molecule has 3 rings (SSSR count). The molecule has 0 saturated heterocycles. The number of hydrogen-bond donors (Lipinski definition) is 2. The van der Waals surface area contributed by atoms with Crippen molar-refractivity contribution in [2.45, 2.75) is 43.7 Å². The number of carbonyl (C=O) groups excluding carboxylic acids is 1. The second-order valence-corrected chi connectivity index (χ2v) is 9.15. The van der Waals surface area contributed by atoms with E-state index in [1.54, 1.807) is 12.1 Å². The van der Waals surface area contributed by atoms with E-state index in [0.717, 1.165) is 12.8 Å². The van der Waals surface area contributed by atoms with Gasteiger partial charge < -0.3 is 14.8 Å². The summed E-state index contributed by atoms with van der Waals surface area (Å²) in [5.41, 5.74) is 0.610. The first kappa shape index (κ1) is 21.4. The van der Waals surface area contributed by atoms with Crippen LogP contribution in [0.2, 0.25) is 5.02 Å². The molecule has 0 atom stereocenters. The molecule has 0 spiro atoms. The minimum absolute atomic E-state index is 0.000531. The fraction of sp³-hybridized carbons (Fsp3) is 0.350. The smallest absolute Gasteiger partial charge is 0.255 e. The average Bonchev–Trinajstić information content (AvgIpc) is 3.46. The molecule has 0 radical (unpaired) electrons. The Bertz CT molecular complexity index is 1020. The van der Waals surface area contributed by atoms with Crippen LogP contribution in [-0.2, 0) is 10.0 Å². The van der Waals surface area contributed by atoms with Gasteiger partial charge in [-0.1, -0.05) is 17.7 Å². The Hall–Kier alpha value is -2.29. The largest absolute Gasteiger partial charge is 0.493 e. The number of rotatable bonds is 8. The van der Waals surface area contributed by atoms with Gasteiger partial charge in [-0.2, -0.15) is 0 Å². The zero-order chi connectivity index (χ0) is 21.2. The molecule has 156 valence electrons. The highest BCUT2D eigenvalue weighted by Gasteiger charge is 2.28. The Balaban J connectivity index is 1.81. The lowest BCUT2D eigenvalue weighted by Gasteiger charge is -2.16. The highest BCUT2D eigenvalue weighted by molar-refractivity contribution is 7.89. The SMILES string of the molecule is COc1cc(C(=O)Nc2cccc(S(=O)(=O)NC3CC3)c2)cc(Cl)c1OC(C)C. The van der Waals surface area contributed by atoms with Gasteiger partial charge in [-0.05, 0) is 57.0 Å². The molecule has 1 aliphatic rings. The van der Waals surface area contributed by atoms with Crippen LogP contribution in [-0.4, -0.2) is 33.6 Å². The van der Waals surface area contributed by atoms with Crippen molar-refractivity contribution in [3.8, 4) is 11.5 Å². The number of benzene rings is 2. The maximum Gasteiger partial charge on any atom is 0.255 e. The highest BCUT2D eigenvalue weighted by Crippen LogP contribution is 2.37. The monoisotopic (exact) mass is 438 g/mol. The lowest BCUT2D eigenvalue weighted by atomic mass is 10.1. The summed E-state index contributed by atoms with van der Waals surface area (Å²) in [6.45, 7) is 3.71. The summed E-state index contributed by atoms with van der Waals surface area (Å²) < 4.78 is 38.3. The minimum atomic E-state index is -3.61. The van der Waals surface area contributed by atoms with E-state index in [1.165, 1.54) is 31.4 Å². The molecule has 29 heavy (non-hydrogen) atoms. The summed E-state index contributed by atoms with van der Waals surface area (Å²) in [5.74, 6) is 0.243. The van der Waals surface area contributed by atoms with Crippen molar-refractivity contribution in [1.82, 2.24) is 4.72 Å². The second kappa shape index (κ2) is 8.61. The maximum atomic E-state index is 12.7. The molecule has 2 aromatic carbocycles. The Kier molecular flexibility index (Phi) is 6.36. The minimum Gasteiger partial charge on any atom is -0.493 e. The number of ether oxygens (including phenoxy) is 2. The summed E-state index contributed by atoms with van der Waals surface area (Å²) >= 11 is 6.27. The van der Waals surface area contributed by atoms with Gasteiger partial charge in [0.15, 0.2) is 11.5 Å². The van der Waals surface area contributed by atoms with Crippen LogP contribution in [0.5, 0.6) is 11.5 Å². The van der Waals surface area contributed by atoms with Crippen LogP contribution in [0.1, 0.15) is 37.0 Å². The zero-order valence-corrected chi connectivity index (χ0v) is 17.9. The number of carbonyl (C=O) groups is 1. The van der Waals surface area contributed by atoms with Crippen molar-refractivity contribution in [3.63, 3.8) is 0 Å². The first-order valence-corrected chi connectivity index (χ1v) is 11.0. The highest BCUT2D eigenvalue weighted by atomic mass is 35.5. The molecule has 2 aromatic rings. The molecule has 0 aromatic heterocycles. The van der Waals surface area contributed by atoms with Gasteiger partial charge in [0.2, 0.25) is 10.0 Å². The fourth-order valence-corrected chi connectivity index (χ4v) is 4.24. The van der Waals surface area contributed by atoms with E-state index in [0.29, 0.717) is 17.2 Å². The van der Waals surface area contributed by atoms with Crippen molar-refractivity contribution in [2.75, 3.05) is 12.4 Å². The van der Waals surface area contributed by atoms with E-state index >= 15 is 0 Å². The summed E-state index contributed by atoms with van der Waals surface area (Å²) in [6.07, 6.45) is 1.57. The Labute approximate surface area is 175 Å². The van der Waals surface area contributed by atoms with Gasteiger partial charge in [-0.3, -0.25) is 4.79 Å². The fourth-order valence-electron chi connectivity index (χ4n) is 2.63. The van der Waals surface area contributed by atoms with Crippen LogP contribution in [0.25, 0.3) is 0 Å². The Morgan fingerprint density at radius 1 is 1.21 bits per heavy atom. The van der Waals surface area contributed by atoms with Crippen LogP contribution in [0, 0.1) is 0 Å². The third-order valence-electron chi connectivity index (χ3n) is 4.15. The van der Waals surface area contributed by atoms with E-state index in [1.807, 2.05) is 13.8 Å². The van der Waals surface area contributed by atoms with E-state index in [2.05, 4.69) is 10.0 Å². The molecule has 9 heteroatoms. The van der Waals surface area contributed by atoms with Crippen LogP contribution < -0.4 is 19.5 Å². The van der Waals surface area contributed by atoms with E-state index in [-0.39, 0.29) is 27.6 Å². The van der Waals surface area contributed by atoms with Gasteiger partial charge in [0.25, 0.3) is 5.91 Å². The van der Waals surface area contributed by atoms with Crippen LogP contribution >= 0.6 is 11.6 Å². The molecule has 0 aliphatic heterocycles. The standard InChI is InChI=1S/C20H23ClN2O5S/c1-12(2)28-19-17(21)9-13(10-18(19)27-3)20(24)22-15-5-4-6-16(11-15)29(25,26)23-14-7-8-14/h4-6,9-12,14,23H,7-8H2,1-3H3,(H,22,24). The molecule has 0 unspecified atom stereocenters. The number of sulfonamides is 1. The van der Waals surface area contributed by atoms with Gasteiger partial charge in [0, 0.05) is 17.3 Å².